The Balaban J connectivity index is 0.000000118. The summed E-state index contributed by atoms with van der Waals surface area (Å²) in [5.74, 6) is 1.26. The van der Waals surface area contributed by atoms with E-state index in [-0.39, 0.29) is 116 Å². The van der Waals surface area contributed by atoms with Gasteiger partial charge in [0, 0.05) is 22.3 Å². The minimum absolute atomic E-state index is 0.117. The molecular weight excluding hydrogens is 1660 g/mol. The lowest BCUT2D eigenvalue weighted by Gasteiger charge is -2.14. The number of phenolic OH excluding ortho intramolecular Hbond substituents is 8. The first-order valence-electron chi connectivity index (χ1n) is 43.3. The zero-order valence-corrected chi connectivity index (χ0v) is 72.1. The van der Waals surface area contributed by atoms with Crippen LogP contribution in [0.3, 0.4) is 0 Å². The fraction of sp³-hybridized carbons (Fsp3) is 0.111. The predicted molar refractivity (Wildman–Crippen MR) is 517 cm³/mol. The van der Waals surface area contributed by atoms with E-state index in [1.54, 1.807) is 24.3 Å². The highest BCUT2D eigenvalue weighted by Gasteiger charge is 2.26. The quantitative estimate of drug-likeness (QED) is 0.0259. The van der Waals surface area contributed by atoms with Crippen molar-refractivity contribution in [2.45, 2.75) is 53.4 Å². The number of hydrogen-bond acceptors (Lipinski definition) is 24. The molecule has 17 aromatic carbocycles. The Labute approximate surface area is 756 Å². The van der Waals surface area contributed by atoms with Crippen LogP contribution in [0, 0.1) is 0 Å². The van der Waals surface area contributed by atoms with Gasteiger partial charge in [-0.2, -0.15) is 39.9 Å². The Hall–Kier alpha value is -17.3. The molecule has 0 aliphatic rings. The molecule has 0 unspecified atom stereocenters. The summed E-state index contributed by atoms with van der Waals surface area (Å²) in [5, 5.41) is 103. The minimum Gasteiger partial charge on any atom is -0.507 e. The van der Waals surface area contributed by atoms with Crippen LogP contribution < -0.4 is 18.9 Å². The molecule has 0 fully saturated rings. The molecule has 0 bridgehead atoms. The molecule has 4 aromatic heterocycles. The van der Waals surface area contributed by atoms with E-state index in [0.717, 1.165) is 140 Å². The van der Waals surface area contributed by atoms with Crippen molar-refractivity contribution < 1.29 is 59.8 Å². The van der Waals surface area contributed by atoms with Crippen molar-refractivity contribution in [2.75, 3.05) is 26.4 Å². The number of benzene rings is 17. The zero-order chi connectivity index (χ0) is 90.9. The molecule has 0 spiro atoms. The number of hydrogen-bond donors (Lipinski definition) is 8. The van der Waals surface area contributed by atoms with Crippen LogP contribution in [0.25, 0.3) is 188 Å². The lowest BCUT2D eigenvalue weighted by molar-refractivity contribution is 0.292. The van der Waals surface area contributed by atoms with E-state index < -0.39 is 0 Å². The van der Waals surface area contributed by atoms with E-state index in [1.165, 1.54) is 53.9 Å². The topological polar surface area (TPSA) is 353 Å². The highest BCUT2D eigenvalue weighted by molar-refractivity contribution is 6.21. The molecule has 4 heterocycles. The van der Waals surface area contributed by atoms with E-state index >= 15 is 0 Å². The summed E-state index contributed by atoms with van der Waals surface area (Å²) in [6.07, 6.45) is 3.15. The van der Waals surface area contributed by atoms with Crippen molar-refractivity contribution in [3.63, 3.8) is 0 Å². The second-order valence-electron chi connectivity index (χ2n) is 31.1. The van der Waals surface area contributed by atoms with Crippen LogP contribution in [0.1, 0.15) is 53.4 Å². The van der Waals surface area contributed by atoms with E-state index in [9.17, 15) is 40.9 Å². The van der Waals surface area contributed by atoms with Crippen molar-refractivity contribution in [1.29, 1.82) is 0 Å². The summed E-state index contributed by atoms with van der Waals surface area (Å²) >= 11 is 0. The van der Waals surface area contributed by atoms with Gasteiger partial charge in [0.05, 0.1) is 26.4 Å². The second-order valence-corrected chi connectivity index (χ2v) is 31.1. The van der Waals surface area contributed by atoms with Gasteiger partial charge in [0.25, 0.3) is 0 Å². The van der Waals surface area contributed by atoms with Crippen LogP contribution in [0.5, 0.6) is 70.0 Å². The molecule has 24 heteroatoms. The van der Waals surface area contributed by atoms with Gasteiger partial charge in [-0.15, -0.1) is 0 Å². The summed E-state index contributed by atoms with van der Waals surface area (Å²) < 4.78 is 23.0. The summed E-state index contributed by atoms with van der Waals surface area (Å²) in [7, 11) is 0. The third kappa shape index (κ3) is 17.7. The van der Waals surface area contributed by atoms with Crippen molar-refractivity contribution in [3.8, 4) is 161 Å². The SMILES string of the molecule is CCCOc1nc(-c2c(O)cccc2O)nc(-c2c3ccccc3cc3ccccc23)n1.CCCOc1nc(-c2c(O)cccc2O)nc(-c2cc3c4ccccc4ccc3c3ccccc23)n1.CCCOc1nc(-c2c(O)cccc2O)nc(-c2cc3ccccc3c3ccccc23)n1.CCCOc1nc(-c2ccc3cc4ccccc4cc3c2)nc(-c2c(O)cccc2O)n1. The van der Waals surface area contributed by atoms with Crippen LogP contribution in [-0.2, 0) is 0 Å². The maximum atomic E-state index is 10.5. The zero-order valence-electron chi connectivity index (χ0n) is 72.1. The highest BCUT2D eigenvalue weighted by atomic mass is 16.5. The number of nitrogens with zero attached hydrogens (tertiary/aromatic N) is 12. The molecule has 0 aliphatic carbocycles. The van der Waals surface area contributed by atoms with E-state index in [2.05, 4.69) is 152 Å². The number of ether oxygens (including phenoxy) is 4. The summed E-state index contributed by atoms with van der Waals surface area (Å²) in [4.78, 5) is 54.4. The van der Waals surface area contributed by atoms with E-state index in [4.69, 9.17) is 23.9 Å². The van der Waals surface area contributed by atoms with Gasteiger partial charge in [-0.3, -0.25) is 0 Å². The van der Waals surface area contributed by atoms with Crippen LogP contribution in [0.4, 0.5) is 0 Å². The summed E-state index contributed by atoms with van der Waals surface area (Å²) in [6.45, 7) is 9.73. The number of fused-ring (bicyclic) bond motifs is 12. The predicted octanol–water partition coefficient (Wildman–Crippen LogP) is 24.0. The first kappa shape index (κ1) is 85.5. The Morgan fingerprint density at radius 3 is 0.856 bits per heavy atom. The largest absolute Gasteiger partial charge is 0.507 e. The van der Waals surface area contributed by atoms with Crippen LogP contribution in [0.2, 0.25) is 0 Å². The third-order valence-electron chi connectivity index (χ3n) is 22.2. The molecule has 132 heavy (non-hydrogen) atoms. The Kier molecular flexibility index (Phi) is 24.7. The number of rotatable bonds is 20. The molecule has 0 saturated heterocycles. The van der Waals surface area contributed by atoms with Gasteiger partial charge >= 0.3 is 24.0 Å². The lowest BCUT2D eigenvalue weighted by Crippen LogP contribution is -2.05. The Bertz CT molecular complexity index is 7810. The molecule has 21 rings (SSSR count). The molecule has 0 radical (unpaired) electrons. The first-order chi connectivity index (χ1) is 64.6. The lowest BCUT2D eigenvalue weighted by atomic mass is 9.93. The van der Waals surface area contributed by atoms with Crippen molar-refractivity contribution in [2.24, 2.45) is 0 Å². The first-order valence-corrected chi connectivity index (χ1v) is 43.3. The normalized spacial score (nSPS) is 11.2. The number of phenols is 8. The minimum atomic E-state index is -0.122. The number of aromatic nitrogens is 12. The van der Waals surface area contributed by atoms with Gasteiger partial charge < -0.3 is 59.8 Å². The van der Waals surface area contributed by atoms with Crippen LogP contribution in [-0.4, -0.2) is 127 Å². The molecule has 0 amide bonds. The molecule has 8 N–H and O–H groups in total. The van der Waals surface area contributed by atoms with Gasteiger partial charge in [-0.1, -0.05) is 246 Å². The molecular formula is C108H86N12O12. The molecule has 0 saturated carbocycles. The van der Waals surface area contributed by atoms with Crippen molar-refractivity contribution >= 4 is 97.0 Å². The van der Waals surface area contributed by atoms with E-state index in [0.29, 0.717) is 49.7 Å². The van der Waals surface area contributed by atoms with Gasteiger partial charge in [0.1, 0.15) is 68.2 Å². The molecule has 0 aliphatic heterocycles. The average Bonchev–Trinajstić information content (AvgIpc) is 0.749. The Morgan fingerprint density at radius 1 is 0.182 bits per heavy atom. The van der Waals surface area contributed by atoms with Crippen LogP contribution in [0.15, 0.2) is 303 Å². The van der Waals surface area contributed by atoms with Gasteiger partial charge in [-0.05, 0) is 208 Å². The number of aromatic hydroxyl groups is 8. The van der Waals surface area contributed by atoms with Gasteiger partial charge in [0.2, 0.25) is 0 Å². The standard InChI is InChI=1S/C30H23N3O3.3C26H21N3O3/c1-2-16-36-30-32-28(31-29(33-30)27-25(34)12-7-13-26(27)35)24-17-23-19-9-4-3-8-18(19)14-15-22(23)20-10-5-6-11-21(20)24;1-2-14-32-26-28-24(27-25(29-26)23-20(30)12-7-13-21(23)31)22-18-10-5-3-8-16(18)15-17-9-4-6-11-19(17)22;1-2-14-32-26-28-24(27-25(29-26)23-21(30)12-7-13-22(23)31)20-15-16-8-3-4-9-17(16)18-10-5-6-11-19(18)20;1-2-12-32-26-28-24(27-25(29-26)23-21(30)8-5-9-22(23)31)19-11-10-18-13-16-6-3-4-7-17(16)14-20(18)15-19/h3-15,17,34-35H,2,16H2,1H3;2*3-13,15,30-31H,2,14H2,1H3;3-11,13-15,30-31H,2,12H2,1H3. The maximum absolute atomic E-state index is 10.5. The molecule has 650 valence electrons. The van der Waals surface area contributed by atoms with Gasteiger partial charge in [0.15, 0.2) is 46.6 Å². The van der Waals surface area contributed by atoms with Gasteiger partial charge in [-0.25, -0.2) is 19.9 Å². The maximum Gasteiger partial charge on any atom is 0.320 e. The third-order valence-corrected chi connectivity index (χ3v) is 22.2. The molecule has 21 aromatic rings. The summed E-state index contributed by atoms with van der Waals surface area (Å²) in [5.41, 5.74) is 3.83. The Morgan fingerprint density at radius 2 is 0.447 bits per heavy atom. The summed E-state index contributed by atoms with van der Waals surface area (Å²) in [6, 6.07) is 96.6. The van der Waals surface area contributed by atoms with Crippen LogP contribution >= 0.6 is 0 Å². The average molecular weight is 1740 g/mol. The second kappa shape index (κ2) is 38.1. The monoisotopic (exact) mass is 1740 g/mol. The molecule has 24 nitrogen and oxygen atoms in total. The van der Waals surface area contributed by atoms with Crippen molar-refractivity contribution in [1.82, 2.24) is 59.8 Å². The highest BCUT2D eigenvalue weighted by Crippen LogP contribution is 2.46. The van der Waals surface area contributed by atoms with E-state index in [1.807, 2.05) is 161 Å². The van der Waals surface area contributed by atoms with Crippen molar-refractivity contribution in [3.05, 3.63) is 303 Å². The molecule has 0 atom stereocenters. The fourth-order valence-corrected chi connectivity index (χ4v) is 16.0. The smallest absolute Gasteiger partial charge is 0.320 e. The fourth-order valence-electron chi connectivity index (χ4n) is 16.0.